The molecular weight excluding hydrogens is 345 g/mol. The molecule has 0 amide bonds. The van der Waals surface area contributed by atoms with Crippen molar-refractivity contribution in [3.8, 4) is 0 Å². The van der Waals surface area contributed by atoms with Crippen LogP contribution < -0.4 is 0 Å². The van der Waals surface area contributed by atoms with Crippen LogP contribution in [-0.2, 0) is 13.1 Å². The summed E-state index contributed by atoms with van der Waals surface area (Å²) in [4.78, 5) is 6.88. The molecule has 2 aromatic heterocycles. The molecule has 1 atom stereocenters. The van der Waals surface area contributed by atoms with E-state index in [9.17, 15) is 9.50 Å². The van der Waals surface area contributed by atoms with Crippen molar-refractivity contribution >= 4 is 10.9 Å². The summed E-state index contributed by atoms with van der Waals surface area (Å²) < 4.78 is 15.8. The van der Waals surface area contributed by atoms with E-state index in [0.29, 0.717) is 17.1 Å². The number of rotatable bonds is 5. The van der Waals surface area contributed by atoms with Gasteiger partial charge in [0.15, 0.2) is 0 Å². The van der Waals surface area contributed by atoms with Crippen molar-refractivity contribution in [1.29, 1.82) is 0 Å². The van der Waals surface area contributed by atoms with E-state index < -0.39 is 6.10 Å². The lowest BCUT2D eigenvalue weighted by Gasteiger charge is -2.31. The third kappa shape index (κ3) is 4.14. The van der Waals surface area contributed by atoms with Gasteiger partial charge in [0.2, 0.25) is 0 Å². The van der Waals surface area contributed by atoms with E-state index in [2.05, 4.69) is 20.2 Å². The van der Waals surface area contributed by atoms with Crippen LogP contribution in [0.2, 0.25) is 0 Å². The van der Waals surface area contributed by atoms with Gasteiger partial charge in [-0.15, -0.1) is 5.10 Å². The molecule has 142 valence electrons. The van der Waals surface area contributed by atoms with Gasteiger partial charge in [-0.05, 0) is 50.9 Å². The Labute approximate surface area is 157 Å². The van der Waals surface area contributed by atoms with Crippen LogP contribution in [0.5, 0.6) is 0 Å². The van der Waals surface area contributed by atoms with Gasteiger partial charge in [-0.25, -0.2) is 9.37 Å². The van der Waals surface area contributed by atoms with Gasteiger partial charge in [0.25, 0.3) is 0 Å². The first-order valence-corrected chi connectivity index (χ1v) is 9.43. The highest BCUT2D eigenvalue weighted by molar-refractivity contribution is 5.79. The number of fused-ring (bicyclic) bond motifs is 1. The number of aromatic nitrogens is 4. The molecule has 27 heavy (non-hydrogen) atoms. The molecule has 0 aliphatic carbocycles. The molecule has 6 nitrogen and oxygen atoms in total. The summed E-state index contributed by atoms with van der Waals surface area (Å²) in [6.07, 6.45) is 3.39. The Morgan fingerprint density at radius 2 is 2.04 bits per heavy atom. The summed E-state index contributed by atoms with van der Waals surface area (Å²) >= 11 is 0. The topological polar surface area (TPSA) is 67.1 Å². The van der Waals surface area contributed by atoms with Gasteiger partial charge in [0.05, 0.1) is 18.0 Å². The predicted octanol–water partition coefficient (Wildman–Crippen LogP) is 2.93. The van der Waals surface area contributed by atoms with Gasteiger partial charge in [-0.2, -0.15) is 0 Å². The Balaban J connectivity index is 1.33. The standard InChI is InChI=1S/C20H24FN5O/c1-14(27)19-13-26(24-23-19)11-15-7-9-25(10-8-15)12-17-6-5-16-3-2-4-18(21)20(16)22-17/h2-6,13-15,27H,7-12H2,1H3. The molecule has 1 fully saturated rings. The third-order valence-corrected chi connectivity index (χ3v) is 5.25. The normalized spacial score (nSPS) is 17.4. The highest BCUT2D eigenvalue weighted by Crippen LogP contribution is 2.22. The molecular formula is C20H24FN5O. The van der Waals surface area contributed by atoms with E-state index >= 15 is 0 Å². The second kappa shape index (κ2) is 7.70. The van der Waals surface area contributed by atoms with Gasteiger partial charge in [0, 0.05) is 18.5 Å². The SMILES string of the molecule is CC(O)c1cn(CC2CCN(Cc3ccc4cccc(F)c4n3)CC2)nn1. The number of aliphatic hydroxyl groups excluding tert-OH is 1. The summed E-state index contributed by atoms with van der Waals surface area (Å²) in [6, 6.07) is 8.98. The lowest BCUT2D eigenvalue weighted by atomic mass is 9.96. The molecule has 7 heteroatoms. The summed E-state index contributed by atoms with van der Waals surface area (Å²) in [6.45, 7) is 5.23. The Hall–Kier alpha value is -2.38. The smallest absolute Gasteiger partial charge is 0.149 e. The Bertz CT molecular complexity index is 918. The predicted molar refractivity (Wildman–Crippen MR) is 100 cm³/mol. The summed E-state index contributed by atoms with van der Waals surface area (Å²) in [7, 11) is 0. The van der Waals surface area contributed by atoms with Crippen LogP contribution in [0, 0.1) is 11.7 Å². The minimum absolute atomic E-state index is 0.266. The van der Waals surface area contributed by atoms with Crippen LogP contribution in [0.1, 0.15) is 37.3 Å². The molecule has 1 saturated heterocycles. The van der Waals surface area contributed by atoms with Crippen LogP contribution in [0.4, 0.5) is 4.39 Å². The molecule has 3 heterocycles. The molecule has 0 bridgehead atoms. The van der Waals surface area contributed by atoms with Gasteiger partial charge in [-0.1, -0.05) is 23.4 Å². The first kappa shape index (κ1) is 18.0. The first-order valence-electron chi connectivity index (χ1n) is 9.43. The van der Waals surface area contributed by atoms with Crippen LogP contribution in [0.25, 0.3) is 10.9 Å². The quantitative estimate of drug-likeness (QED) is 0.749. The van der Waals surface area contributed by atoms with Gasteiger partial charge in [0.1, 0.15) is 17.0 Å². The average Bonchev–Trinajstić information content (AvgIpc) is 3.13. The molecule has 0 radical (unpaired) electrons. The molecule has 0 spiro atoms. The number of nitrogens with zero attached hydrogens (tertiary/aromatic N) is 5. The molecule has 4 rings (SSSR count). The molecule has 1 aliphatic heterocycles. The third-order valence-electron chi connectivity index (χ3n) is 5.25. The first-order chi connectivity index (χ1) is 13.1. The summed E-state index contributed by atoms with van der Waals surface area (Å²) in [5.74, 6) is 0.282. The minimum atomic E-state index is -0.583. The van der Waals surface area contributed by atoms with Crippen molar-refractivity contribution in [3.63, 3.8) is 0 Å². The van der Waals surface area contributed by atoms with E-state index in [4.69, 9.17) is 0 Å². The fraction of sp³-hybridized carbons (Fsp3) is 0.450. The van der Waals surface area contributed by atoms with Crippen LogP contribution in [0.3, 0.4) is 0 Å². The fourth-order valence-corrected chi connectivity index (χ4v) is 3.65. The molecule has 1 unspecified atom stereocenters. The van der Waals surface area contributed by atoms with Crippen LogP contribution in [0.15, 0.2) is 36.5 Å². The second-order valence-corrected chi connectivity index (χ2v) is 7.38. The van der Waals surface area contributed by atoms with Gasteiger partial charge >= 0.3 is 0 Å². The number of benzene rings is 1. The fourth-order valence-electron chi connectivity index (χ4n) is 3.65. The maximum atomic E-state index is 13.9. The van der Waals surface area contributed by atoms with Gasteiger partial charge in [-0.3, -0.25) is 9.58 Å². The van der Waals surface area contributed by atoms with Crippen molar-refractivity contribution in [2.75, 3.05) is 13.1 Å². The van der Waals surface area contributed by atoms with E-state index in [1.165, 1.54) is 6.07 Å². The number of hydrogen-bond donors (Lipinski definition) is 1. The van der Waals surface area contributed by atoms with Crippen molar-refractivity contribution in [1.82, 2.24) is 24.9 Å². The average molecular weight is 369 g/mol. The molecule has 0 saturated carbocycles. The van der Waals surface area contributed by atoms with Crippen molar-refractivity contribution < 1.29 is 9.50 Å². The number of aliphatic hydroxyl groups is 1. The van der Waals surface area contributed by atoms with E-state index in [-0.39, 0.29) is 5.82 Å². The van der Waals surface area contributed by atoms with Crippen molar-refractivity contribution in [2.24, 2.45) is 5.92 Å². The zero-order valence-corrected chi connectivity index (χ0v) is 15.4. The Morgan fingerprint density at radius 3 is 2.78 bits per heavy atom. The van der Waals surface area contributed by atoms with E-state index in [1.807, 2.05) is 29.1 Å². The van der Waals surface area contributed by atoms with Crippen LogP contribution >= 0.6 is 0 Å². The number of likely N-dealkylation sites (tertiary alicyclic amines) is 1. The number of piperidine rings is 1. The summed E-state index contributed by atoms with van der Waals surface area (Å²) in [5.41, 5.74) is 1.97. The van der Waals surface area contributed by atoms with E-state index in [0.717, 1.165) is 50.1 Å². The second-order valence-electron chi connectivity index (χ2n) is 7.38. The molecule has 1 aliphatic rings. The molecule has 1 aromatic carbocycles. The molecule has 3 aromatic rings. The minimum Gasteiger partial charge on any atom is -0.387 e. The Kier molecular flexibility index (Phi) is 5.13. The Morgan fingerprint density at radius 1 is 1.22 bits per heavy atom. The van der Waals surface area contributed by atoms with Gasteiger partial charge < -0.3 is 5.11 Å². The highest BCUT2D eigenvalue weighted by atomic mass is 19.1. The maximum Gasteiger partial charge on any atom is 0.149 e. The zero-order chi connectivity index (χ0) is 18.8. The lowest BCUT2D eigenvalue weighted by Crippen LogP contribution is -2.34. The van der Waals surface area contributed by atoms with Crippen molar-refractivity contribution in [2.45, 2.75) is 39.0 Å². The maximum absolute atomic E-state index is 13.9. The summed E-state index contributed by atoms with van der Waals surface area (Å²) in [5, 5.41) is 18.5. The number of pyridine rings is 1. The zero-order valence-electron chi connectivity index (χ0n) is 15.4. The van der Waals surface area contributed by atoms with Crippen LogP contribution in [-0.4, -0.2) is 43.1 Å². The highest BCUT2D eigenvalue weighted by Gasteiger charge is 2.21. The number of para-hydroxylation sites is 1. The molecule has 1 N–H and O–H groups in total. The van der Waals surface area contributed by atoms with E-state index in [1.54, 1.807) is 13.0 Å². The largest absolute Gasteiger partial charge is 0.387 e. The lowest BCUT2D eigenvalue weighted by molar-refractivity contribution is 0.163. The van der Waals surface area contributed by atoms with Crippen molar-refractivity contribution in [3.05, 3.63) is 53.7 Å². The number of halogens is 1. The number of hydrogen-bond acceptors (Lipinski definition) is 5. The monoisotopic (exact) mass is 369 g/mol.